The lowest BCUT2D eigenvalue weighted by molar-refractivity contribution is 0.382. The van der Waals surface area contributed by atoms with Crippen LogP contribution < -0.4 is 14.8 Å². The summed E-state index contributed by atoms with van der Waals surface area (Å²) in [5.41, 5.74) is 3.56. The molecule has 2 aromatic carbocycles. The van der Waals surface area contributed by atoms with Crippen LogP contribution >= 0.6 is 0 Å². The number of hydrogen-bond acceptors (Lipinski definition) is 9. The van der Waals surface area contributed by atoms with Crippen LogP contribution in [0.25, 0.3) is 17.1 Å². The fourth-order valence-electron chi connectivity index (χ4n) is 3.00. The first-order chi connectivity index (χ1) is 14.6. The van der Waals surface area contributed by atoms with Gasteiger partial charge in [0.1, 0.15) is 11.5 Å². The van der Waals surface area contributed by atoms with Crippen molar-refractivity contribution in [1.82, 2.24) is 30.3 Å². The molecule has 30 heavy (non-hydrogen) atoms. The lowest BCUT2D eigenvalue weighted by Gasteiger charge is -2.10. The van der Waals surface area contributed by atoms with Crippen molar-refractivity contribution in [3.05, 3.63) is 53.7 Å². The van der Waals surface area contributed by atoms with E-state index in [9.17, 15) is 0 Å². The Balaban J connectivity index is 1.51. The first kappa shape index (κ1) is 19.4. The Morgan fingerprint density at radius 3 is 2.67 bits per heavy atom. The predicted octanol–water partition coefficient (Wildman–Crippen LogP) is 2.96. The molecule has 0 saturated carbocycles. The Morgan fingerprint density at radius 2 is 1.93 bits per heavy atom. The third-order valence-electron chi connectivity index (χ3n) is 4.62. The number of aryl methyl sites for hydroxylation is 2. The van der Waals surface area contributed by atoms with E-state index in [1.165, 1.54) is 0 Å². The van der Waals surface area contributed by atoms with Crippen LogP contribution in [0.4, 0.5) is 5.69 Å². The Hall–Kier alpha value is -3.95. The summed E-state index contributed by atoms with van der Waals surface area (Å²) >= 11 is 0. The monoisotopic (exact) mass is 407 g/mol. The molecule has 0 fully saturated rings. The quantitative estimate of drug-likeness (QED) is 0.494. The number of rotatable bonds is 7. The van der Waals surface area contributed by atoms with E-state index < -0.39 is 0 Å². The zero-order chi connectivity index (χ0) is 21.1. The van der Waals surface area contributed by atoms with Gasteiger partial charge in [0.05, 0.1) is 32.0 Å². The molecular formula is C20H21N7O3. The molecule has 0 radical (unpaired) electrons. The highest BCUT2D eigenvalue weighted by molar-refractivity contribution is 5.65. The smallest absolute Gasteiger partial charge is 0.246 e. The van der Waals surface area contributed by atoms with Crippen molar-refractivity contribution in [2.24, 2.45) is 0 Å². The van der Waals surface area contributed by atoms with Crippen molar-refractivity contribution in [2.75, 3.05) is 19.5 Å². The number of methoxy groups -OCH3 is 2. The highest BCUT2D eigenvalue weighted by Crippen LogP contribution is 2.31. The minimum Gasteiger partial charge on any atom is -0.497 e. The molecule has 0 aliphatic rings. The van der Waals surface area contributed by atoms with E-state index in [1.54, 1.807) is 25.0 Å². The average molecular weight is 407 g/mol. The van der Waals surface area contributed by atoms with Crippen LogP contribution in [0.5, 0.6) is 11.5 Å². The molecule has 10 heteroatoms. The molecule has 0 saturated heterocycles. The molecule has 0 aliphatic carbocycles. The number of aromatic nitrogens is 6. The van der Waals surface area contributed by atoms with Crippen molar-refractivity contribution in [2.45, 2.75) is 20.4 Å². The lowest BCUT2D eigenvalue weighted by Crippen LogP contribution is -2.05. The van der Waals surface area contributed by atoms with Gasteiger partial charge in [-0.3, -0.25) is 0 Å². The standard InChI is InChI=1S/C20H21N7O3/c1-12-5-6-14(9-17(12)27-13(2)23-25-26-27)21-11-19-22-20(24-30-19)16-8-7-15(28-3)10-18(16)29-4/h5-10,21H,11H2,1-4H3. The molecule has 2 aromatic heterocycles. The molecule has 0 atom stereocenters. The summed E-state index contributed by atoms with van der Waals surface area (Å²) in [7, 11) is 3.19. The van der Waals surface area contributed by atoms with E-state index in [4.69, 9.17) is 14.0 Å². The zero-order valence-electron chi connectivity index (χ0n) is 17.1. The first-order valence-electron chi connectivity index (χ1n) is 9.24. The molecular weight excluding hydrogens is 386 g/mol. The summed E-state index contributed by atoms with van der Waals surface area (Å²) < 4.78 is 17.7. The third kappa shape index (κ3) is 3.79. The predicted molar refractivity (Wildman–Crippen MR) is 109 cm³/mol. The minimum atomic E-state index is 0.364. The summed E-state index contributed by atoms with van der Waals surface area (Å²) in [6, 6.07) is 11.4. The maximum Gasteiger partial charge on any atom is 0.246 e. The molecule has 4 rings (SSSR count). The fraction of sp³-hybridized carbons (Fsp3) is 0.250. The molecule has 0 aliphatic heterocycles. The van der Waals surface area contributed by atoms with Crippen molar-refractivity contribution in [3.8, 4) is 28.6 Å². The number of nitrogens with one attached hydrogen (secondary N) is 1. The van der Waals surface area contributed by atoms with Gasteiger partial charge in [-0.15, -0.1) is 5.10 Å². The Bertz CT molecular complexity index is 1170. The van der Waals surface area contributed by atoms with Crippen LogP contribution in [0.3, 0.4) is 0 Å². The van der Waals surface area contributed by atoms with E-state index in [0.717, 1.165) is 22.5 Å². The van der Waals surface area contributed by atoms with Gasteiger partial charge in [0.25, 0.3) is 0 Å². The summed E-state index contributed by atoms with van der Waals surface area (Å²) in [6.45, 7) is 4.22. The number of tetrazole rings is 1. The van der Waals surface area contributed by atoms with Crippen LogP contribution in [-0.4, -0.2) is 44.6 Å². The number of benzene rings is 2. The Kier molecular flexibility index (Phi) is 5.29. The number of hydrogen-bond donors (Lipinski definition) is 1. The largest absolute Gasteiger partial charge is 0.497 e. The number of anilines is 1. The molecule has 10 nitrogen and oxygen atoms in total. The van der Waals surface area contributed by atoms with Crippen LogP contribution in [0.15, 0.2) is 40.9 Å². The van der Waals surface area contributed by atoms with E-state index in [1.807, 2.05) is 44.2 Å². The maximum atomic E-state index is 5.41. The van der Waals surface area contributed by atoms with E-state index in [0.29, 0.717) is 35.6 Å². The summed E-state index contributed by atoms with van der Waals surface area (Å²) in [6.07, 6.45) is 0. The highest BCUT2D eigenvalue weighted by atomic mass is 16.5. The number of ether oxygens (including phenoxy) is 2. The highest BCUT2D eigenvalue weighted by Gasteiger charge is 2.15. The zero-order valence-corrected chi connectivity index (χ0v) is 17.1. The molecule has 1 N–H and O–H groups in total. The van der Waals surface area contributed by atoms with E-state index in [2.05, 4.69) is 31.0 Å². The van der Waals surface area contributed by atoms with Crippen LogP contribution in [-0.2, 0) is 6.54 Å². The second kappa shape index (κ2) is 8.19. The van der Waals surface area contributed by atoms with Gasteiger partial charge in [-0.05, 0) is 54.1 Å². The molecule has 4 aromatic rings. The minimum absolute atomic E-state index is 0.364. The van der Waals surface area contributed by atoms with E-state index >= 15 is 0 Å². The second-order valence-corrected chi connectivity index (χ2v) is 6.57. The maximum absolute atomic E-state index is 5.41. The molecule has 0 unspecified atom stereocenters. The summed E-state index contributed by atoms with van der Waals surface area (Å²) in [4.78, 5) is 4.47. The van der Waals surface area contributed by atoms with Gasteiger partial charge in [-0.25, -0.2) is 0 Å². The van der Waals surface area contributed by atoms with Crippen LogP contribution in [0, 0.1) is 13.8 Å². The van der Waals surface area contributed by atoms with Crippen LogP contribution in [0.1, 0.15) is 17.3 Å². The van der Waals surface area contributed by atoms with Crippen molar-refractivity contribution < 1.29 is 14.0 Å². The Morgan fingerprint density at radius 1 is 1.07 bits per heavy atom. The van der Waals surface area contributed by atoms with Crippen LogP contribution in [0.2, 0.25) is 0 Å². The lowest BCUT2D eigenvalue weighted by atomic mass is 10.1. The van der Waals surface area contributed by atoms with Gasteiger partial charge >= 0.3 is 0 Å². The topological polar surface area (TPSA) is 113 Å². The third-order valence-corrected chi connectivity index (χ3v) is 4.62. The van der Waals surface area contributed by atoms with Crippen molar-refractivity contribution in [3.63, 3.8) is 0 Å². The molecule has 0 bridgehead atoms. The van der Waals surface area contributed by atoms with Gasteiger partial charge in [-0.2, -0.15) is 9.67 Å². The molecule has 0 spiro atoms. The normalized spacial score (nSPS) is 10.8. The summed E-state index contributed by atoms with van der Waals surface area (Å²) in [5.74, 6) is 2.90. The fourth-order valence-corrected chi connectivity index (χ4v) is 3.00. The molecule has 154 valence electrons. The number of nitrogens with zero attached hydrogens (tertiary/aromatic N) is 6. The SMILES string of the molecule is COc1ccc(-c2noc(CNc3ccc(C)c(-n4nnnc4C)c3)n2)c(OC)c1. The van der Waals surface area contributed by atoms with Gasteiger partial charge in [-0.1, -0.05) is 11.2 Å². The van der Waals surface area contributed by atoms with Crippen molar-refractivity contribution >= 4 is 5.69 Å². The first-order valence-corrected chi connectivity index (χ1v) is 9.24. The Labute approximate surface area is 172 Å². The average Bonchev–Trinajstić information content (AvgIpc) is 3.41. The second-order valence-electron chi connectivity index (χ2n) is 6.57. The van der Waals surface area contributed by atoms with Gasteiger partial charge in [0.2, 0.25) is 11.7 Å². The molecule has 0 amide bonds. The van der Waals surface area contributed by atoms with E-state index in [-0.39, 0.29) is 0 Å². The van der Waals surface area contributed by atoms with Gasteiger partial charge < -0.3 is 19.3 Å². The summed E-state index contributed by atoms with van der Waals surface area (Å²) in [5, 5.41) is 19.1. The molecule has 2 heterocycles. The van der Waals surface area contributed by atoms with Gasteiger partial charge in [0.15, 0.2) is 5.82 Å². The van der Waals surface area contributed by atoms with Gasteiger partial charge in [0, 0.05) is 11.8 Å². The van der Waals surface area contributed by atoms with Crippen molar-refractivity contribution in [1.29, 1.82) is 0 Å².